The van der Waals surface area contributed by atoms with Crippen LogP contribution in [0.5, 0.6) is 0 Å². The van der Waals surface area contributed by atoms with E-state index in [-0.39, 0.29) is 41.7 Å². The van der Waals surface area contributed by atoms with Crippen LogP contribution in [0, 0.1) is 11.3 Å². The topological polar surface area (TPSA) is 149 Å². The van der Waals surface area contributed by atoms with Crippen molar-refractivity contribution in [2.24, 2.45) is 17.1 Å². The highest BCUT2D eigenvalue weighted by Crippen LogP contribution is 2.42. The van der Waals surface area contributed by atoms with E-state index in [0.717, 1.165) is 97.9 Å². The van der Waals surface area contributed by atoms with Crippen LogP contribution in [0.15, 0.2) is 64.8 Å². The average molecular weight is 794 g/mol. The van der Waals surface area contributed by atoms with Crippen LogP contribution < -0.4 is 26.2 Å². The number of aromatic nitrogens is 2. The maximum Gasteiger partial charge on any atom is 0.255 e. The normalized spacial score (nSPS) is 27.9. The number of hydrogen-bond acceptors (Lipinski definition) is 12. The Morgan fingerprint density at radius 1 is 0.930 bits per heavy atom. The molecular formula is C43H55N9O4S. The van der Waals surface area contributed by atoms with Gasteiger partial charge in [0.25, 0.3) is 5.91 Å². The summed E-state index contributed by atoms with van der Waals surface area (Å²) in [6.07, 6.45) is 11.6. The van der Waals surface area contributed by atoms with Crippen molar-refractivity contribution in [1.82, 2.24) is 25.1 Å². The fourth-order valence-electron chi connectivity index (χ4n) is 10.0. The lowest BCUT2D eigenvalue weighted by molar-refractivity contribution is -0.136. The van der Waals surface area contributed by atoms with Crippen molar-refractivity contribution in [3.63, 3.8) is 0 Å². The Hall–Kier alpha value is -4.24. The molecule has 9 rings (SSSR count). The van der Waals surface area contributed by atoms with Crippen LogP contribution in [0.4, 0.5) is 17.2 Å². The third-order valence-corrected chi connectivity index (χ3v) is 14.6. The number of benzene rings is 2. The molecule has 6 heterocycles. The van der Waals surface area contributed by atoms with E-state index >= 15 is 0 Å². The fourth-order valence-corrected chi connectivity index (χ4v) is 10.8. The minimum Gasteiger partial charge on any atom is -0.385 e. The summed E-state index contributed by atoms with van der Waals surface area (Å²) in [4.78, 5) is 57.0. The number of carbonyl (C=O) groups is 3. The second kappa shape index (κ2) is 16.2. The van der Waals surface area contributed by atoms with Gasteiger partial charge in [-0.15, -0.1) is 0 Å². The molecule has 1 spiro atoms. The zero-order valence-electron chi connectivity index (χ0n) is 32.9. The number of nitrogens with two attached hydrogens (primary N) is 1. The number of fused-ring (bicyclic) bond motifs is 1. The van der Waals surface area contributed by atoms with Crippen LogP contribution in [-0.2, 0) is 20.9 Å². The maximum absolute atomic E-state index is 13.2. The second-order valence-electron chi connectivity index (χ2n) is 17.1. The zero-order valence-corrected chi connectivity index (χ0v) is 33.7. The molecule has 13 nitrogen and oxygen atoms in total. The lowest BCUT2D eigenvalue weighted by Crippen LogP contribution is -2.52. The van der Waals surface area contributed by atoms with Crippen LogP contribution in [0.25, 0.3) is 0 Å². The van der Waals surface area contributed by atoms with Gasteiger partial charge in [0.05, 0.1) is 25.1 Å². The highest BCUT2D eigenvalue weighted by Gasteiger charge is 2.47. The molecule has 4 saturated heterocycles. The minimum absolute atomic E-state index is 0.0984. The molecule has 3 amide bonds. The first-order valence-corrected chi connectivity index (χ1v) is 21.8. The average Bonchev–Trinajstić information content (AvgIpc) is 3.71. The number of amides is 3. The molecule has 0 radical (unpaired) electrons. The summed E-state index contributed by atoms with van der Waals surface area (Å²) in [7, 11) is 0. The molecule has 57 heavy (non-hydrogen) atoms. The van der Waals surface area contributed by atoms with Crippen molar-refractivity contribution >= 4 is 46.7 Å². The molecule has 3 atom stereocenters. The molecular weight excluding hydrogens is 739 g/mol. The van der Waals surface area contributed by atoms with Crippen LogP contribution >= 0.6 is 11.8 Å². The number of anilines is 3. The summed E-state index contributed by atoms with van der Waals surface area (Å²) >= 11 is 1.65. The SMILES string of the molecule is C[C@@H]1OCC2(CCN(c3cnc(Sc4cccc(NCC5CCC(N6CCN(c7ccc8c(c7)CN(C7CCC(=O)NC7=O)C8=O)CC6)CC5)c4)cn3)CC2)[C@@H]1N. The molecule has 2 aromatic carbocycles. The predicted molar refractivity (Wildman–Crippen MR) is 220 cm³/mol. The Kier molecular flexibility index (Phi) is 10.9. The molecule has 0 bridgehead atoms. The minimum atomic E-state index is -0.585. The highest BCUT2D eigenvalue weighted by molar-refractivity contribution is 7.99. The fraction of sp³-hybridized carbons (Fsp3) is 0.558. The van der Waals surface area contributed by atoms with Crippen molar-refractivity contribution in [3.8, 4) is 0 Å². The summed E-state index contributed by atoms with van der Waals surface area (Å²) < 4.78 is 5.89. The van der Waals surface area contributed by atoms with E-state index in [1.54, 1.807) is 16.7 Å². The van der Waals surface area contributed by atoms with E-state index in [0.29, 0.717) is 30.5 Å². The number of hydrogen-bond donors (Lipinski definition) is 3. The first kappa shape index (κ1) is 38.3. The van der Waals surface area contributed by atoms with Crippen molar-refractivity contribution in [3.05, 3.63) is 66.0 Å². The van der Waals surface area contributed by atoms with E-state index in [1.807, 2.05) is 24.5 Å². The van der Waals surface area contributed by atoms with E-state index < -0.39 is 6.04 Å². The molecule has 5 fully saturated rings. The molecule has 5 aliphatic heterocycles. The molecule has 3 aromatic rings. The van der Waals surface area contributed by atoms with Crippen LogP contribution in [0.1, 0.15) is 74.2 Å². The predicted octanol–water partition coefficient (Wildman–Crippen LogP) is 4.51. The molecule has 1 unspecified atom stereocenters. The summed E-state index contributed by atoms with van der Waals surface area (Å²) in [5.74, 6) is 0.837. The van der Waals surface area contributed by atoms with Gasteiger partial charge < -0.3 is 30.5 Å². The van der Waals surface area contributed by atoms with Crippen LogP contribution in [-0.4, -0.2) is 114 Å². The van der Waals surface area contributed by atoms with Gasteiger partial charge in [-0.05, 0) is 99.7 Å². The maximum atomic E-state index is 13.2. The Balaban J connectivity index is 0.701. The van der Waals surface area contributed by atoms with Gasteiger partial charge in [-0.1, -0.05) is 17.8 Å². The highest BCUT2D eigenvalue weighted by atomic mass is 32.2. The Morgan fingerprint density at radius 2 is 1.74 bits per heavy atom. The summed E-state index contributed by atoms with van der Waals surface area (Å²) in [5, 5.41) is 7.01. The van der Waals surface area contributed by atoms with Crippen molar-refractivity contribution < 1.29 is 19.1 Å². The number of nitrogens with zero attached hydrogens (tertiary/aromatic N) is 6. The largest absolute Gasteiger partial charge is 0.385 e. The van der Waals surface area contributed by atoms with Gasteiger partial charge in [0.2, 0.25) is 11.8 Å². The smallest absolute Gasteiger partial charge is 0.255 e. The third-order valence-electron chi connectivity index (χ3n) is 13.7. The third kappa shape index (κ3) is 7.98. The Bertz CT molecular complexity index is 1960. The number of rotatable bonds is 9. The standard InChI is InChI=1S/C43H55N9O4S/c1-28-40(44)43(27-56-28)13-15-51(16-14-43)37-24-47-39(25-46-37)57-34-4-2-3-31(22-34)45-23-29-5-7-32(8-6-29)49-17-19-50(20-18-49)33-9-10-35-30(21-33)26-52(42(35)55)36-11-12-38(53)48-41(36)54/h2-4,9-10,21-22,24-25,28-29,32,36,40,45H,5-8,11-20,23,26-27,44H2,1H3,(H,48,53,54)/t28-,29?,32?,36?,40+/m0/s1. The second-order valence-corrected chi connectivity index (χ2v) is 18.1. The molecule has 302 valence electrons. The molecule has 1 saturated carbocycles. The van der Waals surface area contributed by atoms with E-state index in [2.05, 4.69) is 62.6 Å². The van der Waals surface area contributed by atoms with Crippen molar-refractivity contribution in [2.75, 3.05) is 67.5 Å². The Labute approximate surface area is 339 Å². The molecule has 14 heteroatoms. The van der Waals surface area contributed by atoms with Gasteiger partial charge in [-0.3, -0.25) is 24.6 Å². The van der Waals surface area contributed by atoms with Crippen LogP contribution in [0.2, 0.25) is 0 Å². The van der Waals surface area contributed by atoms with Crippen molar-refractivity contribution in [2.45, 2.75) is 99.0 Å². The van der Waals surface area contributed by atoms with E-state index in [1.165, 1.54) is 25.7 Å². The van der Waals surface area contributed by atoms with Gasteiger partial charge in [0.15, 0.2) is 0 Å². The lowest BCUT2D eigenvalue weighted by Gasteiger charge is -2.42. The first-order chi connectivity index (χ1) is 27.7. The molecule has 6 aliphatic rings. The van der Waals surface area contributed by atoms with Crippen molar-refractivity contribution in [1.29, 1.82) is 0 Å². The van der Waals surface area contributed by atoms with Gasteiger partial charge in [0.1, 0.15) is 16.9 Å². The Morgan fingerprint density at radius 3 is 2.46 bits per heavy atom. The van der Waals surface area contributed by atoms with Gasteiger partial charge in [-0.2, -0.15) is 0 Å². The van der Waals surface area contributed by atoms with Gasteiger partial charge in [0, 0.05) is 98.1 Å². The summed E-state index contributed by atoms with van der Waals surface area (Å²) in [5.41, 5.74) is 10.5. The summed E-state index contributed by atoms with van der Waals surface area (Å²) in [6, 6.07) is 14.9. The zero-order chi connectivity index (χ0) is 39.1. The molecule has 1 aromatic heterocycles. The monoisotopic (exact) mass is 793 g/mol. The number of piperidine rings is 2. The molecule has 1 aliphatic carbocycles. The van der Waals surface area contributed by atoms with E-state index in [4.69, 9.17) is 20.4 Å². The number of piperazine rings is 1. The number of imide groups is 1. The quantitative estimate of drug-likeness (QED) is 0.262. The summed E-state index contributed by atoms with van der Waals surface area (Å²) in [6.45, 7) is 10.1. The van der Waals surface area contributed by atoms with E-state index in [9.17, 15) is 14.4 Å². The first-order valence-electron chi connectivity index (χ1n) is 20.9. The number of carbonyl (C=O) groups excluding carboxylic acids is 3. The molecule has 4 N–H and O–H groups in total. The number of nitrogens with one attached hydrogen (secondary N) is 2. The lowest BCUT2D eigenvalue weighted by atomic mass is 9.73. The van der Waals surface area contributed by atoms with Gasteiger partial charge >= 0.3 is 0 Å². The van der Waals surface area contributed by atoms with Crippen LogP contribution in [0.3, 0.4) is 0 Å². The number of ether oxygens (including phenoxy) is 1. The van der Waals surface area contributed by atoms with Gasteiger partial charge in [-0.25, -0.2) is 9.97 Å².